The van der Waals surface area contributed by atoms with Crippen molar-refractivity contribution in [1.29, 1.82) is 0 Å². The SMILES string of the molecule is O=C(O)c1cncc(N2CCN(c3ccccc3)CC2)c1. The number of hydrogen-bond donors (Lipinski definition) is 1. The maximum absolute atomic E-state index is 11.0. The van der Waals surface area contributed by atoms with Gasteiger partial charge in [0.15, 0.2) is 0 Å². The molecule has 1 aromatic carbocycles. The highest BCUT2D eigenvalue weighted by Gasteiger charge is 2.18. The molecule has 1 saturated heterocycles. The van der Waals surface area contributed by atoms with Gasteiger partial charge in [-0.1, -0.05) is 18.2 Å². The van der Waals surface area contributed by atoms with Gasteiger partial charge in [-0.05, 0) is 18.2 Å². The summed E-state index contributed by atoms with van der Waals surface area (Å²) in [4.78, 5) is 19.5. The zero-order valence-electron chi connectivity index (χ0n) is 11.6. The third kappa shape index (κ3) is 2.97. The number of carboxylic acid groups (broad SMARTS) is 1. The molecule has 0 radical (unpaired) electrons. The Labute approximate surface area is 123 Å². The van der Waals surface area contributed by atoms with Crippen LogP contribution in [-0.4, -0.2) is 42.2 Å². The molecule has 5 heteroatoms. The van der Waals surface area contributed by atoms with Crippen molar-refractivity contribution in [2.24, 2.45) is 0 Å². The first-order valence-electron chi connectivity index (χ1n) is 6.97. The molecule has 1 fully saturated rings. The van der Waals surface area contributed by atoms with Gasteiger partial charge in [-0.2, -0.15) is 0 Å². The monoisotopic (exact) mass is 283 g/mol. The van der Waals surface area contributed by atoms with Crippen molar-refractivity contribution < 1.29 is 9.90 Å². The standard InChI is InChI=1S/C16H17N3O2/c20-16(21)13-10-15(12-17-11-13)19-8-6-18(7-9-19)14-4-2-1-3-5-14/h1-5,10-12H,6-9H2,(H,20,21). The number of carboxylic acids is 1. The van der Waals surface area contributed by atoms with E-state index in [-0.39, 0.29) is 5.56 Å². The summed E-state index contributed by atoms with van der Waals surface area (Å²) in [5.41, 5.74) is 2.34. The molecule has 108 valence electrons. The van der Waals surface area contributed by atoms with Crippen LogP contribution in [0.4, 0.5) is 11.4 Å². The van der Waals surface area contributed by atoms with Crippen LogP contribution in [0.5, 0.6) is 0 Å². The van der Waals surface area contributed by atoms with Gasteiger partial charge >= 0.3 is 5.97 Å². The molecule has 1 aromatic heterocycles. The molecule has 0 bridgehead atoms. The summed E-state index contributed by atoms with van der Waals surface area (Å²) in [6.07, 6.45) is 3.11. The number of piperazine rings is 1. The summed E-state index contributed by atoms with van der Waals surface area (Å²) >= 11 is 0. The van der Waals surface area contributed by atoms with E-state index in [0.717, 1.165) is 31.9 Å². The van der Waals surface area contributed by atoms with Crippen molar-refractivity contribution in [3.8, 4) is 0 Å². The van der Waals surface area contributed by atoms with Gasteiger partial charge in [0.25, 0.3) is 0 Å². The van der Waals surface area contributed by atoms with Gasteiger partial charge < -0.3 is 14.9 Å². The number of aromatic carboxylic acids is 1. The Bertz CT molecular complexity index is 622. The summed E-state index contributed by atoms with van der Waals surface area (Å²) in [7, 11) is 0. The van der Waals surface area contributed by atoms with Gasteiger partial charge in [0.2, 0.25) is 0 Å². The van der Waals surface area contributed by atoms with Crippen molar-refractivity contribution >= 4 is 17.3 Å². The van der Waals surface area contributed by atoms with Crippen LogP contribution < -0.4 is 9.80 Å². The van der Waals surface area contributed by atoms with Crippen LogP contribution in [0.15, 0.2) is 48.8 Å². The lowest BCUT2D eigenvalue weighted by Gasteiger charge is -2.37. The van der Waals surface area contributed by atoms with Crippen molar-refractivity contribution in [2.75, 3.05) is 36.0 Å². The van der Waals surface area contributed by atoms with Crippen LogP contribution in [0.1, 0.15) is 10.4 Å². The number of rotatable bonds is 3. The second-order valence-corrected chi connectivity index (χ2v) is 5.05. The average Bonchev–Trinajstić information content (AvgIpc) is 2.56. The zero-order chi connectivity index (χ0) is 14.7. The van der Waals surface area contributed by atoms with Gasteiger partial charge in [-0.15, -0.1) is 0 Å². The highest BCUT2D eigenvalue weighted by molar-refractivity contribution is 5.88. The molecule has 0 saturated carbocycles. The lowest BCUT2D eigenvalue weighted by Crippen LogP contribution is -2.46. The molecule has 0 spiro atoms. The molecule has 2 aromatic rings. The van der Waals surface area contributed by atoms with Crippen molar-refractivity contribution in [1.82, 2.24) is 4.98 Å². The summed E-state index contributed by atoms with van der Waals surface area (Å²) in [5, 5.41) is 9.03. The van der Waals surface area contributed by atoms with Gasteiger partial charge in [0.05, 0.1) is 17.4 Å². The van der Waals surface area contributed by atoms with Crippen molar-refractivity contribution in [3.63, 3.8) is 0 Å². The normalized spacial score (nSPS) is 15.0. The Morgan fingerprint density at radius 3 is 2.19 bits per heavy atom. The fraction of sp³-hybridized carbons (Fsp3) is 0.250. The number of para-hydroxylation sites is 1. The topological polar surface area (TPSA) is 56.7 Å². The van der Waals surface area contributed by atoms with E-state index < -0.39 is 5.97 Å². The first-order chi connectivity index (χ1) is 10.2. The smallest absolute Gasteiger partial charge is 0.337 e. The molecule has 5 nitrogen and oxygen atoms in total. The van der Waals surface area contributed by atoms with Crippen LogP contribution in [0.3, 0.4) is 0 Å². The number of carbonyl (C=O) groups is 1. The second kappa shape index (κ2) is 5.83. The van der Waals surface area contributed by atoms with E-state index in [4.69, 9.17) is 5.11 Å². The molecule has 0 aliphatic carbocycles. The van der Waals surface area contributed by atoms with E-state index in [1.165, 1.54) is 11.9 Å². The van der Waals surface area contributed by atoms with Crippen molar-refractivity contribution in [3.05, 3.63) is 54.4 Å². The summed E-state index contributed by atoms with van der Waals surface area (Å²) in [6, 6.07) is 12.0. The maximum Gasteiger partial charge on any atom is 0.337 e. The van der Waals surface area contributed by atoms with Gasteiger partial charge in [-0.25, -0.2) is 4.79 Å². The van der Waals surface area contributed by atoms with Crippen LogP contribution in [0.2, 0.25) is 0 Å². The molecule has 0 atom stereocenters. The van der Waals surface area contributed by atoms with E-state index in [1.54, 1.807) is 12.3 Å². The lowest BCUT2D eigenvalue weighted by molar-refractivity contribution is 0.0696. The highest BCUT2D eigenvalue weighted by atomic mass is 16.4. The number of nitrogens with zero attached hydrogens (tertiary/aromatic N) is 3. The number of hydrogen-bond acceptors (Lipinski definition) is 4. The summed E-state index contributed by atoms with van der Waals surface area (Å²) < 4.78 is 0. The minimum absolute atomic E-state index is 0.234. The lowest BCUT2D eigenvalue weighted by atomic mass is 10.2. The van der Waals surface area contributed by atoms with E-state index >= 15 is 0 Å². The van der Waals surface area contributed by atoms with Crippen molar-refractivity contribution in [2.45, 2.75) is 0 Å². The fourth-order valence-corrected chi connectivity index (χ4v) is 2.58. The Morgan fingerprint density at radius 1 is 0.952 bits per heavy atom. The Balaban J connectivity index is 1.68. The minimum Gasteiger partial charge on any atom is -0.478 e. The number of anilines is 2. The molecule has 1 aliphatic rings. The largest absolute Gasteiger partial charge is 0.478 e. The Morgan fingerprint density at radius 2 is 1.57 bits per heavy atom. The minimum atomic E-state index is -0.938. The first-order valence-corrected chi connectivity index (χ1v) is 6.97. The predicted octanol–water partition coefficient (Wildman–Crippen LogP) is 2.11. The number of pyridine rings is 1. The highest BCUT2D eigenvalue weighted by Crippen LogP contribution is 2.20. The predicted molar refractivity (Wildman–Crippen MR) is 82.1 cm³/mol. The van der Waals surface area contributed by atoms with E-state index in [0.29, 0.717) is 0 Å². The molecule has 3 rings (SSSR count). The van der Waals surface area contributed by atoms with Crippen LogP contribution in [-0.2, 0) is 0 Å². The third-order valence-corrected chi connectivity index (χ3v) is 3.74. The first kappa shape index (κ1) is 13.4. The summed E-state index contributed by atoms with van der Waals surface area (Å²) in [6.45, 7) is 3.56. The Kier molecular flexibility index (Phi) is 3.73. The molecule has 21 heavy (non-hydrogen) atoms. The summed E-state index contributed by atoms with van der Waals surface area (Å²) in [5.74, 6) is -0.938. The van der Waals surface area contributed by atoms with E-state index in [1.807, 2.05) is 18.2 Å². The average molecular weight is 283 g/mol. The number of aromatic nitrogens is 1. The maximum atomic E-state index is 11.0. The molecule has 2 heterocycles. The van der Waals surface area contributed by atoms with E-state index in [9.17, 15) is 4.79 Å². The molecule has 0 unspecified atom stereocenters. The molecule has 1 N–H and O–H groups in total. The third-order valence-electron chi connectivity index (χ3n) is 3.74. The van der Waals surface area contributed by atoms with E-state index in [2.05, 4.69) is 26.9 Å². The Hall–Kier alpha value is -2.56. The molecular weight excluding hydrogens is 266 g/mol. The number of benzene rings is 1. The van der Waals surface area contributed by atoms with Gasteiger partial charge in [-0.3, -0.25) is 4.98 Å². The van der Waals surface area contributed by atoms with Gasteiger partial charge in [0.1, 0.15) is 0 Å². The molecule has 1 aliphatic heterocycles. The quantitative estimate of drug-likeness (QED) is 0.935. The molecule has 0 amide bonds. The van der Waals surface area contributed by atoms with Crippen LogP contribution >= 0.6 is 0 Å². The molecular formula is C16H17N3O2. The van der Waals surface area contributed by atoms with Crippen LogP contribution in [0, 0.1) is 0 Å². The fourth-order valence-electron chi connectivity index (χ4n) is 2.58. The second-order valence-electron chi connectivity index (χ2n) is 5.05. The van der Waals surface area contributed by atoms with Crippen LogP contribution in [0.25, 0.3) is 0 Å². The van der Waals surface area contributed by atoms with Gasteiger partial charge in [0, 0.05) is 38.1 Å². The zero-order valence-corrected chi connectivity index (χ0v) is 11.6.